The van der Waals surface area contributed by atoms with Crippen LogP contribution in [0.2, 0.25) is 0 Å². The number of rotatable bonds is 5. The van der Waals surface area contributed by atoms with E-state index in [1.54, 1.807) is 36.4 Å². The van der Waals surface area contributed by atoms with Crippen LogP contribution >= 0.6 is 0 Å². The van der Waals surface area contributed by atoms with Crippen molar-refractivity contribution in [3.8, 4) is 5.75 Å². The molecule has 2 aromatic carbocycles. The first-order valence-electron chi connectivity index (χ1n) is 6.50. The molecular formula is C16H16O5S. The van der Waals surface area contributed by atoms with E-state index in [2.05, 4.69) is 4.74 Å². The second-order valence-corrected chi connectivity index (χ2v) is 6.74. The van der Waals surface area contributed by atoms with Gasteiger partial charge in [0.15, 0.2) is 9.84 Å². The highest BCUT2D eigenvalue weighted by atomic mass is 32.2. The second kappa shape index (κ2) is 6.62. The summed E-state index contributed by atoms with van der Waals surface area (Å²) in [5.41, 5.74) is 1.32. The molecule has 2 aromatic rings. The van der Waals surface area contributed by atoms with Crippen molar-refractivity contribution in [3.05, 3.63) is 59.7 Å². The number of hydrogen-bond donors (Lipinski definition) is 0. The summed E-state index contributed by atoms with van der Waals surface area (Å²) >= 11 is 0. The Labute approximate surface area is 129 Å². The molecule has 0 unspecified atom stereocenters. The summed E-state index contributed by atoms with van der Waals surface area (Å²) in [6.45, 7) is 0.272. The summed E-state index contributed by atoms with van der Waals surface area (Å²) in [5, 5.41) is 0. The third-order valence-electron chi connectivity index (χ3n) is 3.01. The number of methoxy groups -OCH3 is 1. The number of esters is 1. The normalized spacial score (nSPS) is 11.0. The minimum atomic E-state index is -3.26. The molecule has 0 bridgehead atoms. The zero-order valence-electron chi connectivity index (χ0n) is 12.3. The molecule has 6 heteroatoms. The molecule has 0 heterocycles. The first-order valence-corrected chi connectivity index (χ1v) is 8.39. The molecule has 0 aliphatic heterocycles. The molecule has 0 radical (unpaired) electrons. The van der Waals surface area contributed by atoms with Gasteiger partial charge < -0.3 is 9.47 Å². The van der Waals surface area contributed by atoms with Crippen LogP contribution in [-0.2, 0) is 21.2 Å². The van der Waals surface area contributed by atoms with Crippen molar-refractivity contribution in [1.82, 2.24) is 0 Å². The third kappa shape index (κ3) is 4.08. The van der Waals surface area contributed by atoms with Crippen LogP contribution in [0.3, 0.4) is 0 Å². The standard InChI is InChI=1S/C16H16O5S/c1-20-16(17)13-8-6-12(7-9-13)11-21-14-4-3-5-15(10-14)22(2,18)19/h3-10H,11H2,1-2H3. The van der Waals surface area contributed by atoms with Gasteiger partial charge >= 0.3 is 5.97 Å². The van der Waals surface area contributed by atoms with Crippen molar-refractivity contribution in [3.63, 3.8) is 0 Å². The van der Waals surface area contributed by atoms with Gasteiger partial charge in [-0.25, -0.2) is 13.2 Å². The number of carbonyl (C=O) groups excluding carboxylic acids is 1. The predicted octanol–water partition coefficient (Wildman–Crippen LogP) is 2.46. The topological polar surface area (TPSA) is 69.7 Å². The Morgan fingerprint density at radius 3 is 2.36 bits per heavy atom. The highest BCUT2D eigenvalue weighted by Crippen LogP contribution is 2.18. The van der Waals surface area contributed by atoms with Gasteiger partial charge in [-0.1, -0.05) is 18.2 Å². The fraction of sp³-hybridized carbons (Fsp3) is 0.188. The molecule has 0 saturated heterocycles. The Kier molecular flexibility index (Phi) is 4.82. The maximum atomic E-state index is 11.5. The maximum Gasteiger partial charge on any atom is 0.337 e. The van der Waals surface area contributed by atoms with Gasteiger partial charge in [0.1, 0.15) is 12.4 Å². The summed E-state index contributed by atoms with van der Waals surface area (Å²) in [5.74, 6) is 0.0771. The Bertz CT molecular complexity index is 763. The molecular weight excluding hydrogens is 304 g/mol. The molecule has 0 aromatic heterocycles. The van der Waals surface area contributed by atoms with Crippen molar-refractivity contribution in [2.75, 3.05) is 13.4 Å². The highest BCUT2D eigenvalue weighted by Gasteiger charge is 2.08. The largest absolute Gasteiger partial charge is 0.489 e. The lowest BCUT2D eigenvalue weighted by Crippen LogP contribution is -2.02. The molecule has 0 amide bonds. The average Bonchev–Trinajstić information content (AvgIpc) is 2.52. The lowest BCUT2D eigenvalue weighted by molar-refractivity contribution is 0.0600. The first kappa shape index (κ1) is 16.0. The summed E-state index contributed by atoms with van der Waals surface area (Å²) in [6, 6.07) is 13.1. The molecule has 0 spiro atoms. The van der Waals surface area contributed by atoms with Crippen LogP contribution in [0.15, 0.2) is 53.4 Å². The van der Waals surface area contributed by atoms with Gasteiger partial charge in [0.05, 0.1) is 17.6 Å². The minimum Gasteiger partial charge on any atom is -0.489 e. The van der Waals surface area contributed by atoms with Gasteiger partial charge in [-0.2, -0.15) is 0 Å². The van der Waals surface area contributed by atoms with Gasteiger partial charge in [0.25, 0.3) is 0 Å². The number of hydrogen-bond acceptors (Lipinski definition) is 5. The van der Waals surface area contributed by atoms with E-state index in [1.165, 1.54) is 19.2 Å². The maximum absolute atomic E-state index is 11.5. The number of benzene rings is 2. The van der Waals surface area contributed by atoms with Crippen LogP contribution in [-0.4, -0.2) is 27.8 Å². The zero-order chi connectivity index (χ0) is 16.2. The number of sulfone groups is 1. The van der Waals surface area contributed by atoms with E-state index >= 15 is 0 Å². The van der Waals surface area contributed by atoms with Crippen molar-refractivity contribution in [2.24, 2.45) is 0 Å². The van der Waals surface area contributed by atoms with Gasteiger partial charge in [-0.3, -0.25) is 0 Å². The highest BCUT2D eigenvalue weighted by molar-refractivity contribution is 7.90. The van der Waals surface area contributed by atoms with E-state index in [-0.39, 0.29) is 11.5 Å². The fourth-order valence-corrected chi connectivity index (χ4v) is 2.47. The van der Waals surface area contributed by atoms with E-state index in [0.717, 1.165) is 11.8 Å². The van der Waals surface area contributed by atoms with Crippen LogP contribution in [0.4, 0.5) is 0 Å². The first-order chi connectivity index (χ1) is 10.4. The molecule has 0 fully saturated rings. The van der Waals surface area contributed by atoms with E-state index in [9.17, 15) is 13.2 Å². The SMILES string of the molecule is COC(=O)c1ccc(COc2cccc(S(C)(=O)=O)c2)cc1. The van der Waals surface area contributed by atoms with Crippen molar-refractivity contribution < 1.29 is 22.7 Å². The molecule has 116 valence electrons. The van der Waals surface area contributed by atoms with Gasteiger partial charge in [-0.05, 0) is 35.9 Å². The number of ether oxygens (including phenoxy) is 2. The Morgan fingerprint density at radius 2 is 1.77 bits per heavy atom. The second-order valence-electron chi connectivity index (χ2n) is 4.72. The summed E-state index contributed by atoms with van der Waals surface area (Å²) in [6.07, 6.45) is 1.15. The summed E-state index contributed by atoms with van der Waals surface area (Å²) in [7, 11) is -1.93. The Hall–Kier alpha value is -2.34. The molecule has 0 aliphatic rings. The zero-order valence-corrected chi connectivity index (χ0v) is 13.1. The molecule has 0 saturated carbocycles. The van der Waals surface area contributed by atoms with Crippen LogP contribution < -0.4 is 4.74 Å². The average molecular weight is 320 g/mol. The van der Waals surface area contributed by atoms with Crippen LogP contribution in [0.1, 0.15) is 15.9 Å². The molecule has 0 atom stereocenters. The molecule has 0 aliphatic carbocycles. The van der Waals surface area contributed by atoms with Crippen LogP contribution in [0.25, 0.3) is 0 Å². The van der Waals surface area contributed by atoms with Crippen molar-refractivity contribution in [1.29, 1.82) is 0 Å². The van der Waals surface area contributed by atoms with Crippen LogP contribution in [0, 0.1) is 0 Å². The fourth-order valence-electron chi connectivity index (χ4n) is 1.82. The minimum absolute atomic E-state index is 0.214. The summed E-state index contributed by atoms with van der Waals surface area (Å²) in [4.78, 5) is 11.5. The van der Waals surface area contributed by atoms with Crippen LogP contribution in [0.5, 0.6) is 5.75 Å². The lowest BCUT2D eigenvalue weighted by Gasteiger charge is -2.08. The molecule has 0 N–H and O–H groups in total. The Balaban J connectivity index is 2.06. The Morgan fingerprint density at radius 1 is 1.09 bits per heavy atom. The van der Waals surface area contributed by atoms with E-state index in [0.29, 0.717) is 11.3 Å². The van der Waals surface area contributed by atoms with E-state index in [4.69, 9.17) is 4.74 Å². The van der Waals surface area contributed by atoms with E-state index < -0.39 is 15.8 Å². The van der Waals surface area contributed by atoms with Crippen molar-refractivity contribution in [2.45, 2.75) is 11.5 Å². The smallest absolute Gasteiger partial charge is 0.337 e. The van der Waals surface area contributed by atoms with E-state index in [1.807, 2.05) is 0 Å². The molecule has 5 nitrogen and oxygen atoms in total. The van der Waals surface area contributed by atoms with Gasteiger partial charge in [0, 0.05) is 6.26 Å². The summed E-state index contributed by atoms with van der Waals surface area (Å²) < 4.78 is 33.2. The monoisotopic (exact) mass is 320 g/mol. The predicted molar refractivity (Wildman–Crippen MR) is 81.7 cm³/mol. The van der Waals surface area contributed by atoms with Crippen molar-refractivity contribution >= 4 is 15.8 Å². The quantitative estimate of drug-likeness (QED) is 0.792. The third-order valence-corrected chi connectivity index (χ3v) is 4.12. The van der Waals surface area contributed by atoms with Gasteiger partial charge in [-0.15, -0.1) is 0 Å². The molecule has 2 rings (SSSR count). The molecule has 22 heavy (non-hydrogen) atoms. The van der Waals surface area contributed by atoms with Gasteiger partial charge in [0.2, 0.25) is 0 Å². The number of carbonyl (C=O) groups is 1. The lowest BCUT2D eigenvalue weighted by atomic mass is 10.1.